The Bertz CT molecular complexity index is 194. The minimum absolute atomic E-state index is 0.705. The monoisotopic (exact) mass is 292 g/mol. The van der Waals surface area contributed by atoms with Gasteiger partial charge in [0.15, 0.2) is 0 Å². The minimum Gasteiger partial charge on any atom is -0.235 e. The first-order valence-corrected chi connectivity index (χ1v) is 10.1. The van der Waals surface area contributed by atoms with Crippen molar-refractivity contribution in [1.82, 2.24) is 5.32 Å². The minimum atomic E-state index is 0.705. The summed E-state index contributed by atoms with van der Waals surface area (Å²) in [6, 6.07) is 1.41. The van der Waals surface area contributed by atoms with Crippen LogP contribution in [0.4, 0.5) is 0 Å². The molecule has 2 saturated carbocycles. The van der Waals surface area contributed by atoms with Gasteiger partial charge in [0.05, 0.1) is 0 Å². The van der Waals surface area contributed by atoms with E-state index in [-0.39, 0.29) is 0 Å². The predicted molar refractivity (Wildman–Crippen MR) is 92.8 cm³/mol. The molecule has 0 N–H and O–H groups in total. The zero-order valence-corrected chi connectivity index (χ0v) is 14.3. The molecule has 2 aliphatic carbocycles. The normalized spacial score (nSPS) is 26.3. The van der Waals surface area contributed by atoms with E-state index >= 15 is 0 Å². The van der Waals surface area contributed by atoms with E-state index in [1.54, 1.807) is 0 Å². The van der Waals surface area contributed by atoms with E-state index in [0.29, 0.717) is 12.1 Å². The molecule has 123 valence electrons. The summed E-state index contributed by atoms with van der Waals surface area (Å²) in [5.41, 5.74) is 0. The Balaban J connectivity index is 1.74. The van der Waals surface area contributed by atoms with Crippen LogP contribution in [0.5, 0.6) is 0 Å². The maximum atomic E-state index is 5.34. The summed E-state index contributed by atoms with van der Waals surface area (Å²) < 4.78 is 0. The zero-order valence-electron chi connectivity index (χ0n) is 14.3. The lowest BCUT2D eigenvalue weighted by atomic mass is 9.94. The molecule has 1 nitrogen and oxygen atoms in total. The van der Waals surface area contributed by atoms with Crippen LogP contribution in [-0.2, 0) is 0 Å². The first kappa shape index (κ1) is 17.3. The SMILES string of the molecule is C1CCCCC([N]C2CCCCCCCCC2)CCCC1. The fourth-order valence-electron chi connectivity index (χ4n) is 4.17. The van der Waals surface area contributed by atoms with Gasteiger partial charge in [0.2, 0.25) is 0 Å². The van der Waals surface area contributed by atoms with E-state index < -0.39 is 0 Å². The van der Waals surface area contributed by atoms with Gasteiger partial charge in [0, 0.05) is 12.1 Å². The lowest BCUT2D eigenvalue weighted by Crippen LogP contribution is -2.32. The van der Waals surface area contributed by atoms with E-state index in [2.05, 4.69) is 0 Å². The highest BCUT2D eigenvalue weighted by Gasteiger charge is 2.17. The molecule has 0 amide bonds. The van der Waals surface area contributed by atoms with Gasteiger partial charge < -0.3 is 0 Å². The van der Waals surface area contributed by atoms with Gasteiger partial charge in [-0.25, -0.2) is 5.32 Å². The van der Waals surface area contributed by atoms with Crippen molar-refractivity contribution in [3.8, 4) is 0 Å². The maximum Gasteiger partial charge on any atom is 0.0249 e. The fourth-order valence-corrected chi connectivity index (χ4v) is 4.17. The summed E-state index contributed by atoms with van der Waals surface area (Å²) in [7, 11) is 0. The molecule has 2 aliphatic rings. The third-order valence-electron chi connectivity index (χ3n) is 5.57. The molecule has 0 aliphatic heterocycles. The van der Waals surface area contributed by atoms with Crippen LogP contribution >= 0.6 is 0 Å². The molecular formula is C20H38N. The number of rotatable bonds is 2. The summed E-state index contributed by atoms with van der Waals surface area (Å²) in [6.45, 7) is 0. The van der Waals surface area contributed by atoms with E-state index in [1.807, 2.05) is 0 Å². The Morgan fingerprint density at radius 1 is 0.333 bits per heavy atom. The summed E-state index contributed by atoms with van der Waals surface area (Å²) in [5, 5.41) is 5.34. The van der Waals surface area contributed by atoms with Crippen molar-refractivity contribution in [2.24, 2.45) is 0 Å². The fraction of sp³-hybridized carbons (Fsp3) is 1.00. The second kappa shape index (κ2) is 11.5. The van der Waals surface area contributed by atoms with Crippen LogP contribution in [-0.4, -0.2) is 12.1 Å². The molecule has 0 atom stereocenters. The van der Waals surface area contributed by atoms with Crippen molar-refractivity contribution in [3.05, 3.63) is 0 Å². The van der Waals surface area contributed by atoms with Crippen molar-refractivity contribution < 1.29 is 0 Å². The molecule has 1 radical (unpaired) electrons. The summed E-state index contributed by atoms with van der Waals surface area (Å²) >= 11 is 0. The highest BCUT2D eigenvalue weighted by atomic mass is 14.9. The Labute approximate surface area is 133 Å². The molecular weight excluding hydrogens is 254 g/mol. The second-order valence-corrected chi connectivity index (χ2v) is 7.56. The van der Waals surface area contributed by atoms with E-state index in [1.165, 1.54) is 116 Å². The first-order valence-electron chi connectivity index (χ1n) is 10.1. The van der Waals surface area contributed by atoms with Crippen LogP contribution in [0.2, 0.25) is 0 Å². The number of nitrogens with zero attached hydrogens (tertiary/aromatic N) is 1. The molecule has 0 spiro atoms. The summed E-state index contributed by atoms with van der Waals surface area (Å²) in [6.07, 6.45) is 25.9. The molecule has 0 saturated heterocycles. The summed E-state index contributed by atoms with van der Waals surface area (Å²) in [4.78, 5) is 0. The Hall–Kier alpha value is -0.0400. The van der Waals surface area contributed by atoms with Gasteiger partial charge >= 0.3 is 0 Å². The molecule has 0 aromatic heterocycles. The third-order valence-corrected chi connectivity index (χ3v) is 5.57. The number of hydrogen-bond acceptors (Lipinski definition) is 0. The standard InChI is InChI=1S/C20H38N/c1-3-7-11-15-19(16-12-8-4-1)21-20-17-13-9-5-2-6-10-14-18-20/h19-20H,1-18H2. The summed E-state index contributed by atoms with van der Waals surface area (Å²) in [5.74, 6) is 0. The van der Waals surface area contributed by atoms with E-state index in [0.717, 1.165) is 0 Å². The molecule has 0 aromatic rings. The highest BCUT2D eigenvalue weighted by molar-refractivity contribution is 4.76. The smallest absolute Gasteiger partial charge is 0.0249 e. The van der Waals surface area contributed by atoms with Crippen LogP contribution < -0.4 is 5.32 Å². The zero-order chi connectivity index (χ0) is 14.6. The van der Waals surface area contributed by atoms with E-state index in [4.69, 9.17) is 5.32 Å². The van der Waals surface area contributed by atoms with Crippen LogP contribution in [0, 0.1) is 0 Å². The Morgan fingerprint density at radius 2 is 0.571 bits per heavy atom. The van der Waals surface area contributed by atoms with Gasteiger partial charge in [0.1, 0.15) is 0 Å². The molecule has 0 unspecified atom stereocenters. The largest absolute Gasteiger partial charge is 0.235 e. The van der Waals surface area contributed by atoms with Gasteiger partial charge in [-0.15, -0.1) is 0 Å². The molecule has 2 rings (SSSR count). The van der Waals surface area contributed by atoms with Gasteiger partial charge in [-0.1, -0.05) is 89.9 Å². The van der Waals surface area contributed by atoms with Crippen molar-refractivity contribution in [2.75, 3.05) is 0 Å². The molecule has 21 heavy (non-hydrogen) atoms. The lowest BCUT2D eigenvalue weighted by molar-refractivity contribution is 0.314. The lowest BCUT2D eigenvalue weighted by Gasteiger charge is -2.25. The van der Waals surface area contributed by atoms with Crippen LogP contribution in [0.15, 0.2) is 0 Å². The second-order valence-electron chi connectivity index (χ2n) is 7.56. The predicted octanol–water partition coefficient (Wildman–Crippen LogP) is 6.38. The molecule has 0 bridgehead atoms. The highest BCUT2D eigenvalue weighted by Crippen LogP contribution is 2.22. The van der Waals surface area contributed by atoms with Gasteiger partial charge in [-0.3, -0.25) is 0 Å². The molecule has 0 aromatic carbocycles. The van der Waals surface area contributed by atoms with Crippen molar-refractivity contribution >= 4 is 0 Å². The Morgan fingerprint density at radius 3 is 0.857 bits per heavy atom. The van der Waals surface area contributed by atoms with Crippen LogP contribution in [0.3, 0.4) is 0 Å². The van der Waals surface area contributed by atoms with Crippen molar-refractivity contribution in [2.45, 2.75) is 128 Å². The average Bonchev–Trinajstić information content (AvgIpc) is 2.52. The van der Waals surface area contributed by atoms with Gasteiger partial charge in [-0.2, -0.15) is 0 Å². The first-order chi connectivity index (χ1) is 10.4. The van der Waals surface area contributed by atoms with Crippen LogP contribution in [0.1, 0.15) is 116 Å². The molecule has 0 heterocycles. The van der Waals surface area contributed by atoms with Gasteiger partial charge in [-0.05, 0) is 25.7 Å². The molecule has 1 heteroatoms. The van der Waals surface area contributed by atoms with Gasteiger partial charge in [0.25, 0.3) is 0 Å². The molecule has 2 fully saturated rings. The quantitative estimate of drug-likeness (QED) is 0.561. The number of hydrogen-bond donors (Lipinski definition) is 0. The maximum absolute atomic E-state index is 5.34. The Kier molecular flexibility index (Phi) is 9.50. The van der Waals surface area contributed by atoms with Crippen molar-refractivity contribution in [3.63, 3.8) is 0 Å². The van der Waals surface area contributed by atoms with Crippen molar-refractivity contribution in [1.29, 1.82) is 0 Å². The third kappa shape index (κ3) is 8.24. The van der Waals surface area contributed by atoms with Crippen LogP contribution in [0.25, 0.3) is 0 Å². The van der Waals surface area contributed by atoms with E-state index in [9.17, 15) is 0 Å². The average molecular weight is 293 g/mol. The topological polar surface area (TPSA) is 14.1 Å².